The van der Waals surface area contributed by atoms with Crippen LogP contribution in [-0.4, -0.2) is 31.6 Å². The lowest BCUT2D eigenvalue weighted by Gasteiger charge is -2.08. The molecular formula is C22H21NO4S. The maximum Gasteiger partial charge on any atom is 0.344 e. The number of hydrogen-bond acceptors (Lipinski definition) is 5. The van der Waals surface area contributed by atoms with Crippen molar-refractivity contribution in [2.75, 3.05) is 19.8 Å². The molecule has 2 aromatic carbocycles. The second-order valence-corrected chi connectivity index (χ2v) is 7.05. The summed E-state index contributed by atoms with van der Waals surface area (Å²) in [5, 5.41) is 4.72. The molecule has 1 heterocycles. The first-order valence-electron chi connectivity index (χ1n) is 8.94. The molecule has 6 heteroatoms. The average Bonchev–Trinajstić information content (AvgIpc) is 3.25. The zero-order valence-corrected chi connectivity index (χ0v) is 16.1. The van der Waals surface area contributed by atoms with E-state index in [2.05, 4.69) is 5.32 Å². The molecule has 0 fully saturated rings. The van der Waals surface area contributed by atoms with Gasteiger partial charge in [0, 0.05) is 11.4 Å². The fourth-order valence-corrected chi connectivity index (χ4v) is 3.24. The monoisotopic (exact) mass is 395 g/mol. The van der Waals surface area contributed by atoms with E-state index in [1.807, 2.05) is 60.0 Å². The molecule has 0 atom stereocenters. The van der Waals surface area contributed by atoms with Crippen LogP contribution in [0.4, 0.5) is 0 Å². The Morgan fingerprint density at radius 2 is 1.61 bits per heavy atom. The molecule has 144 valence electrons. The maximum absolute atomic E-state index is 11.7. The van der Waals surface area contributed by atoms with E-state index in [1.54, 1.807) is 23.5 Å². The van der Waals surface area contributed by atoms with Gasteiger partial charge < -0.3 is 14.8 Å². The number of carbonyl (C=O) groups excluding carboxylic acids is 2. The molecule has 28 heavy (non-hydrogen) atoms. The molecule has 1 N–H and O–H groups in total. The number of nitrogens with one attached hydrogen (secondary N) is 1. The quantitative estimate of drug-likeness (QED) is 0.561. The third-order valence-electron chi connectivity index (χ3n) is 3.96. The number of hydrogen-bond donors (Lipinski definition) is 1. The SMILES string of the molecule is O=C(COC(=O)COc1ccc(-c2ccccc2)cc1)NCCc1cccs1. The van der Waals surface area contributed by atoms with Gasteiger partial charge in [0.25, 0.3) is 5.91 Å². The predicted molar refractivity (Wildman–Crippen MR) is 109 cm³/mol. The summed E-state index contributed by atoms with van der Waals surface area (Å²) in [6.07, 6.45) is 0.763. The number of thiophene rings is 1. The fourth-order valence-electron chi connectivity index (χ4n) is 2.54. The lowest BCUT2D eigenvalue weighted by Crippen LogP contribution is -2.31. The van der Waals surface area contributed by atoms with E-state index in [0.29, 0.717) is 12.3 Å². The van der Waals surface area contributed by atoms with Gasteiger partial charge in [0.05, 0.1) is 0 Å². The second-order valence-electron chi connectivity index (χ2n) is 6.02. The number of carbonyl (C=O) groups is 2. The van der Waals surface area contributed by atoms with E-state index in [-0.39, 0.29) is 19.1 Å². The molecule has 0 spiro atoms. The Bertz CT molecular complexity index is 877. The number of benzene rings is 2. The molecule has 0 radical (unpaired) electrons. The Balaban J connectivity index is 1.34. The first kappa shape index (κ1) is 19.6. The minimum atomic E-state index is -0.583. The lowest BCUT2D eigenvalue weighted by atomic mass is 10.1. The third kappa shape index (κ3) is 6.25. The molecule has 5 nitrogen and oxygen atoms in total. The van der Waals surface area contributed by atoms with E-state index in [0.717, 1.165) is 17.5 Å². The molecule has 3 aromatic rings. The van der Waals surface area contributed by atoms with Crippen LogP contribution < -0.4 is 10.1 Å². The molecule has 0 aliphatic rings. The molecule has 1 aromatic heterocycles. The van der Waals surface area contributed by atoms with Crippen LogP contribution in [-0.2, 0) is 20.7 Å². The van der Waals surface area contributed by atoms with Crippen LogP contribution in [0, 0.1) is 0 Å². The van der Waals surface area contributed by atoms with Crippen molar-refractivity contribution in [2.24, 2.45) is 0 Å². The van der Waals surface area contributed by atoms with Gasteiger partial charge in [-0.15, -0.1) is 11.3 Å². The van der Waals surface area contributed by atoms with Crippen molar-refractivity contribution < 1.29 is 19.1 Å². The molecule has 0 saturated heterocycles. The number of rotatable bonds is 9. The summed E-state index contributed by atoms with van der Waals surface area (Å²) in [5.74, 6) is -0.338. The van der Waals surface area contributed by atoms with E-state index >= 15 is 0 Å². The smallest absolute Gasteiger partial charge is 0.344 e. The van der Waals surface area contributed by atoms with Gasteiger partial charge in [-0.05, 0) is 41.1 Å². The van der Waals surface area contributed by atoms with Crippen molar-refractivity contribution in [3.63, 3.8) is 0 Å². The van der Waals surface area contributed by atoms with Crippen molar-refractivity contribution in [1.29, 1.82) is 0 Å². The van der Waals surface area contributed by atoms with Crippen LogP contribution in [0.15, 0.2) is 72.1 Å². The first-order valence-corrected chi connectivity index (χ1v) is 9.81. The number of amides is 1. The van der Waals surface area contributed by atoms with Gasteiger partial charge in [-0.3, -0.25) is 4.79 Å². The Morgan fingerprint density at radius 1 is 0.857 bits per heavy atom. The van der Waals surface area contributed by atoms with Crippen molar-refractivity contribution in [1.82, 2.24) is 5.32 Å². The summed E-state index contributed by atoms with van der Waals surface area (Å²) in [6, 6.07) is 21.4. The van der Waals surface area contributed by atoms with Gasteiger partial charge in [0.2, 0.25) is 0 Å². The normalized spacial score (nSPS) is 10.3. The van der Waals surface area contributed by atoms with Gasteiger partial charge in [0.15, 0.2) is 13.2 Å². The molecule has 0 unspecified atom stereocenters. The minimum Gasteiger partial charge on any atom is -0.482 e. The van der Waals surface area contributed by atoms with Gasteiger partial charge >= 0.3 is 5.97 Å². The molecule has 0 saturated carbocycles. The summed E-state index contributed by atoms with van der Waals surface area (Å²) in [7, 11) is 0. The van der Waals surface area contributed by atoms with Crippen LogP contribution in [0.2, 0.25) is 0 Å². The van der Waals surface area contributed by atoms with Gasteiger partial charge in [-0.25, -0.2) is 4.79 Å². The lowest BCUT2D eigenvalue weighted by molar-refractivity contribution is -0.150. The third-order valence-corrected chi connectivity index (χ3v) is 4.89. The highest BCUT2D eigenvalue weighted by atomic mass is 32.1. The Labute approximate surface area is 167 Å². The molecule has 1 amide bonds. The number of esters is 1. The van der Waals surface area contributed by atoms with Crippen LogP contribution >= 0.6 is 11.3 Å². The minimum absolute atomic E-state index is 0.243. The van der Waals surface area contributed by atoms with Crippen molar-refractivity contribution in [3.8, 4) is 16.9 Å². The summed E-state index contributed by atoms with van der Waals surface area (Å²) in [4.78, 5) is 24.6. The largest absolute Gasteiger partial charge is 0.482 e. The van der Waals surface area contributed by atoms with Gasteiger partial charge in [0.1, 0.15) is 5.75 Å². The molecule has 3 rings (SSSR count). The topological polar surface area (TPSA) is 64.6 Å². The number of ether oxygens (including phenoxy) is 2. The maximum atomic E-state index is 11.7. The average molecular weight is 395 g/mol. The summed E-state index contributed by atoms with van der Waals surface area (Å²) in [6.45, 7) is -0.0338. The van der Waals surface area contributed by atoms with Gasteiger partial charge in [-0.1, -0.05) is 48.5 Å². The van der Waals surface area contributed by atoms with E-state index in [4.69, 9.17) is 9.47 Å². The van der Waals surface area contributed by atoms with Crippen molar-refractivity contribution in [3.05, 3.63) is 77.0 Å². The Kier molecular flexibility index (Phi) is 7.21. The van der Waals surface area contributed by atoms with Crippen LogP contribution in [0.5, 0.6) is 5.75 Å². The molecule has 0 aliphatic heterocycles. The van der Waals surface area contributed by atoms with Gasteiger partial charge in [-0.2, -0.15) is 0 Å². The second kappa shape index (κ2) is 10.3. The van der Waals surface area contributed by atoms with E-state index < -0.39 is 5.97 Å². The fraction of sp³-hybridized carbons (Fsp3) is 0.182. The van der Waals surface area contributed by atoms with E-state index in [1.165, 1.54) is 4.88 Å². The highest BCUT2D eigenvalue weighted by Gasteiger charge is 2.08. The first-order chi connectivity index (χ1) is 13.7. The standard InChI is InChI=1S/C22H21NO4S/c24-21(23-13-12-20-7-4-14-28-20)15-27-22(25)16-26-19-10-8-18(9-11-19)17-5-2-1-3-6-17/h1-11,14H,12-13,15-16H2,(H,23,24). The van der Waals surface area contributed by atoms with Crippen LogP contribution in [0.3, 0.4) is 0 Å². The highest BCUT2D eigenvalue weighted by Crippen LogP contribution is 2.21. The van der Waals surface area contributed by atoms with Crippen LogP contribution in [0.1, 0.15) is 4.88 Å². The summed E-state index contributed by atoms with van der Waals surface area (Å²) in [5.41, 5.74) is 2.17. The molecule has 0 bridgehead atoms. The van der Waals surface area contributed by atoms with E-state index in [9.17, 15) is 9.59 Å². The highest BCUT2D eigenvalue weighted by molar-refractivity contribution is 7.09. The van der Waals surface area contributed by atoms with Crippen molar-refractivity contribution >= 4 is 23.2 Å². The molecule has 0 aliphatic carbocycles. The van der Waals surface area contributed by atoms with Crippen molar-refractivity contribution in [2.45, 2.75) is 6.42 Å². The summed E-state index contributed by atoms with van der Waals surface area (Å²) < 4.78 is 10.3. The predicted octanol–water partition coefficient (Wildman–Crippen LogP) is 3.70. The summed E-state index contributed by atoms with van der Waals surface area (Å²) >= 11 is 1.64. The Morgan fingerprint density at radius 3 is 2.32 bits per heavy atom. The molecular weight excluding hydrogens is 374 g/mol. The zero-order valence-electron chi connectivity index (χ0n) is 15.3. The van der Waals surface area contributed by atoms with Crippen LogP contribution in [0.25, 0.3) is 11.1 Å². The zero-order chi connectivity index (χ0) is 19.6. The Hall–Kier alpha value is -3.12.